The van der Waals surface area contributed by atoms with E-state index in [9.17, 15) is 5.11 Å². The number of likely N-dealkylation sites (tertiary alicyclic amines) is 1. The molecule has 1 heterocycles. The first-order chi connectivity index (χ1) is 8.13. The van der Waals surface area contributed by atoms with E-state index in [4.69, 9.17) is 5.73 Å². The van der Waals surface area contributed by atoms with Crippen molar-refractivity contribution in [2.24, 2.45) is 17.1 Å². The highest BCUT2D eigenvalue weighted by molar-refractivity contribution is 4.89. The lowest BCUT2D eigenvalue weighted by Gasteiger charge is -2.43. The lowest BCUT2D eigenvalue weighted by atomic mass is 9.70. The second-order valence-corrected chi connectivity index (χ2v) is 6.39. The standard InChI is InChI=1S/C14H28N2O/c1-12-2-6-14(10-15,7-3-12)11-16-8-4-13(17)5-9-16/h12-13,17H,2-11,15H2,1H3. The molecule has 0 unspecified atom stereocenters. The number of nitrogens with two attached hydrogens (primary N) is 1. The van der Waals surface area contributed by atoms with Crippen molar-refractivity contribution in [2.45, 2.75) is 51.6 Å². The van der Waals surface area contributed by atoms with E-state index in [2.05, 4.69) is 11.8 Å². The summed E-state index contributed by atoms with van der Waals surface area (Å²) in [5.74, 6) is 0.887. The molecule has 0 aromatic carbocycles. The van der Waals surface area contributed by atoms with Gasteiger partial charge in [0.1, 0.15) is 0 Å². The molecule has 2 aliphatic rings. The van der Waals surface area contributed by atoms with Crippen LogP contribution in [0, 0.1) is 11.3 Å². The Kier molecular flexibility index (Phi) is 4.45. The lowest BCUT2D eigenvalue weighted by molar-refractivity contribution is 0.0406. The molecule has 0 radical (unpaired) electrons. The topological polar surface area (TPSA) is 49.5 Å². The van der Waals surface area contributed by atoms with E-state index in [1.54, 1.807) is 0 Å². The van der Waals surface area contributed by atoms with Crippen molar-refractivity contribution in [1.82, 2.24) is 4.90 Å². The smallest absolute Gasteiger partial charge is 0.0564 e. The van der Waals surface area contributed by atoms with Gasteiger partial charge in [0.2, 0.25) is 0 Å². The average molecular weight is 240 g/mol. The molecule has 1 saturated carbocycles. The summed E-state index contributed by atoms with van der Waals surface area (Å²) in [7, 11) is 0. The molecular formula is C14H28N2O. The van der Waals surface area contributed by atoms with Crippen molar-refractivity contribution in [1.29, 1.82) is 0 Å². The Labute approximate surface area is 105 Å². The molecule has 0 bridgehead atoms. The minimum absolute atomic E-state index is 0.0635. The number of hydrogen-bond acceptors (Lipinski definition) is 3. The number of nitrogens with zero attached hydrogens (tertiary/aromatic N) is 1. The van der Waals surface area contributed by atoms with E-state index in [1.807, 2.05) is 0 Å². The lowest BCUT2D eigenvalue weighted by Crippen LogP contribution is -2.47. The molecule has 1 aliphatic heterocycles. The highest BCUT2D eigenvalue weighted by Gasteiger charge is 2.35. The molecule has 0 aromatic heterocycles. The fourth-order valence-electron chi connectivity index (χ4n) is 3.35. The van der Waals surface area contributed by atoms with E-state index in [1.165, 1.54) is 25.7 Å². The minimum atomic E-state index is -0.0635. The van der Waals surface area contributed by atoms with Crippen LogP contribution in [-0.4, -0.2) is 42.3 Å². The van der Waals surface area contributed by atoms with E-state index in [-0.39, 0.29) is 6.10 Å². The van der Waals surface area contributed by atoms with Gasteiger partial charge in [0.15, 0.2) is 0 Å². The zero-order valence-corrected chi connectivity index (χ0v) is 11.2. The molecule has 2 fully saturated rings. The van der Waals surface area contributed by atoms with E-state index in [0.717, 1.165) is 44.9 Å². The predicted molar refractivity (Wildman–Crippen MR) is 70.8 cm³/mol. The number of rotatable bonds is 3. The third-order valence-electron chi connectivity index (χ3n) is 4.88. The van der Waals surface area contributed by atoms with Gasteiger partial charge in [-0.15, -0.1) is 0 Å². The first-order valence-corrected chi connectivity index (χ1v) is 7.24. The summed E-state index contributed by atoms with van der Waals surface area (Å²) in [5, 5.41) is 9.54. The summed E-state index contributed by atoms with van der Waals surface area (Å²) in [6.07, 6.45) is 7.09. The molecule has 3 N–H and O–H groups in total. The summed E-state index contributed by atoms with van der Waals surface area (Å²) in [4.78, 5) is 2.52. The highest BCUT2D eigenvalue weighted by atomic mass is 16.3. The maximum Gasteiger partial charge on any atom is 0.0564 e. The molecule has 3 nitrogen and oxygen atoms in total. The highest BCUT2D eigenvalue weighted by Crippen LogP contribution is 2.39. The van der Waals surface area contributed by atoms with Crippen molar-refractivity contribution in [3.63, 3.8) is 0 Å². The van der Waals surface area contributed by atoms with Gasteiger partial charge in [-0.1, -0.05) is 19.8 Å². The van der Waals surface area contributed by atoms with Crippen molar-refractivity contribution in [3.8, 4) is 0 Å². The summed E-state index contributed by atoms with van der Waals surface area (Å²) in [6.45, 7) is 6.45. The molecule has 100 valence electrons. The van der Waals surface area contributed by atoms with Crippen molar-refractivity contribution < 1.29 is 5.11 Å². The molecule has 17 heavy (non-hydrogen) atoms. The van der Waals surface area contributed by atoms with Gasteiger partial charge in [-0.3, -0.25) is 0 Å². The Morgan fingerprint density at radius 2 is 1.76 bits per heavy atom. The van der Waals surface area contributed by atoms with Gasteiger partial charge in [-0.2, -0.15) is 0 Å². The van der Waals surface area contributed by atoms with E-state index in [0.29, 0.717) is 5.41 Å². The molecule has 3 heteroatoms. The van der Waals surface area contributed by atoms with E-state index >= 15 is 0 Å². The molecule has 1 saturated heterocycles. The Hall–Kier alpha value is -0.120. The van der Waals surface area contributed by atoms with Crippen molar-refractivity contribution >= 4 is 0 Å². The molecule has 0 spiro atoms. The first kappa shape index (κ1) is 13.3. The Bertz CT molecular complexity index is 228. The summed E-state index contributed by atoms with van der Waals surface area (Å²) >= 11 is 0. The molecule has 1 aliphatic carbocycles. The Morgan fingerprint density at radius 3 is 2.29 bits per heavy atom. The fraction of sp³-hybridized carbons (Fsp3) is 1.00. The number of hydrogen-bond donors (Lipinski definition) is 2. The van der Waals surface area contributed by atoms with Crippen LogP contribution in [-0.2, 0) is 0 Å². The second kappa shape index (κ2) is 5.68. The van der Waals surface area contributed by atoms with Crippen LogP contribution < -0.4 is 5.73 Å². The first-order valence-electron chi connectivity index (χ1n) is 7.24. The largest absolute Gasteiger partial charge is 0.393 e. The van der Waals surface area contributed by atoms with Crippen LogP contribution in [0.15, 0.2) is 0 Å². The number of piperidine rings is 1. The van der Waals surface area contributed by atoms with Crippen LogP contribution in [0.1, 0.15) is 45.4 Å². The zero-order chi connectivity index (χ0) is 12.3. The van der Waals surface area contributed by atoms with Crippen LogP contribution in [0.25, 0.3) is 0 Å². The van der Waals surface area contributed by atoms with Gasteiger partial charge in [0.05, 0.1) is 6.10 Å². The minimum Gasteiger partial charge on any atom is -0.393 e. The van der Waals surface area contributed by atoms with Gasteiger partial charge in [0, 0.05) is 19.6 Å². The van der Waals surface area contributed by atoms with Crippen LogP contribution in [0.2, 0.25) is 0 Å². The maximum atomic E-state index is 9.54. The summed E-state index contributed by atoms with van der Waals surface area (Å²) < 4.78 is 0. The monoisotopic (exact) mass is 240 g/mol. The fourth-order valence-corrected chi connectivity index (χ4v) is 3.35. The van der Waals surface area contributed by atoms with Crippen LogP contribution in [0.4, 0.5) is 0 Å². The molecular weight excluding hydrogens is 212 g/mol. The third-order valence-corrected chi connectivity index (χ3v) is 4.88. The molecule has 0 atom stereocenters. The van der Waals surface area contributed by atoms with Gasteiger partial charge in [-0.05, 0) is 43.6 Å². The SMILES string of the molecule is CC1CCC(CN)(CN2CCC(O)CC2)CC1. The number of aliphatic hydroxyl groups is 1. The Morgan fingerprint density at radius 1 is 1.18 bits per heavy atom. The van der Waals surface area contributed by atoms with Crippen molar-refractivity contribution in [2.75, 3.05) is 26.2 Å². The van der Waals surface area contributed by atoms with Crippen LogP contribution in [0.3, 0.4) is 0 Å². The van der Waals surface area contributed by atoms with Gasteiger partial charge in [-0.25, -0.2) is 0 Å². The van der Waals surface area contributed by atoms with Gasteiger partial charge >= 0.3 is 0 Å². The van der Waals surface area contributed by atoms with Crippen LogP contribution in [0.5, 0.6) is 0 Å². The molecule has 0 aromatic rings. The quantitative estimate of drug-likeness (QED) is 0.788. The summed E-state index contributed by atoms with van der Waals surface area (Å²) in [6, 6.07) is 0. The number of aliphatic hydroxyl groups excluding tert-OH is 1. The maximum absolute atomic E-state index is 9.54. The van der Waals surface area contributed by atoms with Crippen molar-refractivity contribution in [3.05, 3.63) is 0 Å². The van der Waals surface area contributed by atoms with Gasteiger partial charge in [0.25, 0.3) is 0 Å². The Balaban J connectivity index is 1.86. The normalized spacial score (nSPS) is 37.2. The summed E-state index contributed by atoms with van der Waals surface area (Å²) in [5.41, 5.74) is 6.42. The predicted octanol–water partition coefficient (Wildman–Crippen LogP) is 1.60. The third kappa shape index (κ3) is 3.43. The zero-order valence-electron chi connectivity index (χ0n) is 11.2. The molecule has 0 amide bonds. The van der Waals surface area contributed by atoms with Gasteiger partial charge < -0.3 is 15.7 Å². The van der Waals surface area contributed by atoms with E-state index < -0.39 is 0 Å². The second-order valence-electron chi connectivity index (χ2n) is 6.39. The molecule has 2 rings (SSSR count). The van der Waals surface area contributed by atoms with Crippen LogP contribution >= 0.6 is 0 Å². The average Bonchev–Trinajstić information content (AvgIpc) is 2.35.